The Balaban J connectivity index is 1.63. The van der Waals surface area contributed by atoms with Crippen molar-refractivity contribution in [3.05, 3.63) is 30.3 Å². The van der Waals surface area contributed by atoms with E-state index in [1.54, 1.807) is 20.1 Å². The molecule has 1 amide bonds. The van der Waals surface area contributed by atoms with Crippen molar-refractivity contribution >= 4 is 11.7 Å². The minimum Gasteiger partial charge on any atom is -0.496 e. The Kier molecular flexibility index (Phi) is 4.62. The number of aromatic nitrogens is 2. The van der Waals surface area contributed by atoms with Gasteiger partial charge in [-0.3, -0.25) is 9.89 Å². The number of para-hydroxylation sites is 1. The topological polar surface area (TPSA) is 76.2 Å². The molecule has 1 aliphatic rings. The summed E-state index contributed by atoms with van der Waals surface area (Å²) >= 11 is 0. The molecular formula is C17H21N3O3. The van der Waals surface area contributed by atoms with Gasteiger partial charge in [-0.15, -0.1) is 0 Å². The number of nitrogens with one attached hydrogen (secondary N) is 2. The van der Waals surface area contributed by atoms with Crippen LogP contribution in [0, 0.1) is 5.92 Å². The number of H-pyrrole nitrogens is 1. The summed E-state index contributed by atoms with van der Waals surface area (Å²) in [4.78, 5) is 12.1. The molecule has 23 heavy (non-hydrogen) atoms. The number of methoxy groups -OCH3 is 1. The molecule has 1 fully saturated rings. The van der Waals surface area contributed by atoms with Crippen LogP contribution in [0.2, 0.25) is 0 Å². The Bertz CT molecular complexity index is 679. The zero-order valence-corrected chi connectivity index (χ0v) is 13.3. The Morgan fingerprint density at radius 1 is 1.43 bits per heavy atom. The molecule has 1 heterocycles. The Hall–Kier alpha value is -2.34. The van der Waals surface area contributed by atoms with Crippen LogP contribution in [-0.4, -0.2) is 35.9 Å². The molecular weight excluding hydrogens is 294 g/mol. The molecule has 0 spiro atoms. The third-order valence-corrected chi connectivity index (χ3v) is 3.87. The monoisotopic (exact) mass is 315 g/mol. The largest absolute Gasteiger partial charge is 0.496 e. The first-order chi connectivity index (χ1) is 11.2. The Morgan fingerprint density at radius 2 is 2.22 bits per heavy atom. The van der Waals surface area contributed by atoms with Gasteiger partial charge in [-0.2, -0.15) is 5.10 Å². The zero-order valence-electron chi connectivity index (χ0n) is 13.3. The van der Waals surface area contributed by atoms with Crippen LogP contribution in [0.5, 0.6) is 5.75 Å². The van der Waals surface area contributed by atoms with Crippen molar-refractivity contribution in [1.82, 2.24) is 10.2 Å². The number of carbonyl (C=O) groups excluding carboxylic acids is 1. The average molecular weight is 315 g/mol. The van der Waals surface area contributed by atoms with E-state index in [-0.39, 0.29) is 5.91 Å². The summed E-state index contributed by atoms with van der Waals surface area (Å²) in [5.41, 5.74) is 1.67. The molecule has 1 atom stereocenters. The molecule has 122 valence electrons. The van der Waals surface area contributed by atoms with Crippen LogP contribution < -0.4 is 10.1 Å². The quantitative estimate of drug-likeness (QED) is 0.824. The van der Waals surface area contributed by atoms with Gasteiger partial charge in [0, 0.05) is 11.6 Å². The summed E-state index contributed by atoms with van der Waals surface area (Å²) in [7, 11) is 1.62. The van der Waals surface area contributed by atoms with Crippen LogP contribution in [0.1, 0.15) is 19.8 Å². The molecule has 1 saturated carbocycles. The summed E-state index contributed by atoms with van der Waals surface area (Å²) in [5, 5.41) is 9.81. The summed E-state index contributed by atoms with van der Waals surface area (Å²) in [6.45, 7) is 2.41. The highest BCUT2D eigenvalue weighted by molar-refractivity contribution is 5.93. The van der Waals surface area contributed by atoms with E-state index in [1.165, 1.54) is 12.8 Å². The van der Waals surface area contributed by atoms with E-state index in [0.29, 0.717) is 18.3 Å². The number of hydrogen-bond donors (Lipinski definition) is 2. The van der Waals surface area contributed by atoms with E-state index < -0.39 is 6.10 Å². The maximum atomic E-state index is 12.1. The first-order valence-corrected chi connectivity index (χ1v) is 7.78. The van der Waals surface area contributed by atoms with Gasteiger partial charge in [0.1, 0.15) is 11.9 Å². The second-order valence-corrected chi connectivity index (χ2v) is 5.78. The van der Waals surface area contributed by atoms with E-state index in [9.17, 15) is 4.79 Å². The molecule has 2 N–H and O–H groups in total. The van der Waals surface area contributed by atoms with Gasteiger partial charge in [-0.1, -0.05) is 12.1 Å². The van der Waals surface area contributed by atoms with Crippen LogP contribution in [0.25, 0.3) is 11.3 Å². The highest BCUT2D eigenvalue weighted by atomic mass is 16.5. The molecule has 1 aliphatic carbocycles. The van der Waals surface area contributed by atoms with Crippen LogP contribution in [0.15, 0.2) is 30.3 Å². The maximum absolute atomic E-state index is 12.1. The van der Waals surface area contributed by atoms with Gasteiger partial charge in [0.15, 0.2) is 5.82 Å². The lowest BCUT2D eigenvalue weighted by Crippen LogP contribution is -2.28. The van der Waals surface area contributed by atoms with Crippen molar-refractivity contribution in [2.75, 3.05) is 19.0 Å². The standard InChI is InChI=1S/C17H21N3O3/c1-11(23-10-12-7-8-12)17(21)18-16-9-14(19-20-16)13-5-3-4-6-15(13)22-2/h3-6,9,11-12H,7-8,10H2,1-2H3,(H2,18,19,20,21)/t11-/m0/s1. The van der Waals surface area contributed by atoms with Gasteiger partial charge in [0.25, 0.3) is 5.91 Å². The minimum atomic E-state index is -0.484. The Morgan fingerprint density at radius 3 is 2.96 bits per heavy atom. The predicted octanol–water partition coefficient (Wildman–Crippen LogP) is 2.84. The SMILES string of the molecule is COc1ccccc1-c1cc(NC(=O)[C@H](C)OCC2CC2)n[nH]1. The lowest BCUT2D eigenvalue weighted by molar-refractivity contribution is -0.126. The molecule has 0 radical (unpaired) electrons. The lowest BCUT2D eigenvalue weighted by atomic mass is 10.1. The van der Waals surface area contributed by atoms with Crippen molar-refractivity contribution in [1.29, 1.82) is 0 Å². The van der Waals surface area contributed by atoms with E-state index in [2.05, 4.69) is 15.5 Å². The summed E-state index contributed by atoms with van der Waals surface area (Å²) in [6.07, 6.45) is 1.92. The van der Waals surface area contributed by atoms with Gasteiger partial charge in [0.05, 0.1) is 19.4 Å². The van der Waals surface area contributed by atoms with E-state index >= 15 is 0 Å². The smallest absolute Gasteiger partial charge is 0.254 e. The number of ether oxygens (including phenoxy) is 2. The number of nitrogens with zero attached hydrogens (tertiary/aromatic N) is 1. The van der Waals surface area contributed by atoms with Crippen molar-refractivity contribution in [3.63, 3.8) is 0 Å². The highest BCUT2D eigenvalue weighted by Crippen LogP contribution is 2.30. The fourth-order valence-corrected chi connectivity index (χ4v) is 2.26. The number of aromatic amines is 1. The molecule has 0 saturated heterocycles. The molecule has 6 nitrogen and oxygen atoms in total. The summed E-state index contributed by atoms with van der Waals surface area (Å²) in [5.74, 6) is 1.66. The molecule has 2 aromatic rings. The third-order valence-electron chi connectivity index (χ3n) is 3.87. The van der Waals surface area contributed by atoms with Crippen molar-refractivity contribution < 1.29 is 14.3 Å². The van der Waals surface area contributed by atoms with E-state index in [1.807, 2.05) is 24.3 Å². The predicted molar refractivity (Wildman–Crippen MR) is 87.3 cm³/mol. The molecule has 1 aromatic heterocycles. The molecule has 0 bridgehead atoms. The maximum Gasteiger partial charge on any atom is 0.254 e. The highest BCUT2D eigenvalue weighted by Gasteiger charge is 2.24. The van der Waals surface area contributed by atoms with E-state index in [0.717, 1.165) is 17.0 Å². The first-order valence-electron chi connectivity index (χ1n) is 7.78. The molecule has 0 unspecified atom stereocenters. The van der Waals surface area contributed by atoms with Crippen molar-refractivity contribution in [3.8, 4) is 17.0 Å². The number of carbonyl (C=O) groups is 1. The van der Waals surface area contributed by atoms with Gasteiger partial charge >= 0.3 is 0 Å². The average Bonchev–Trinajstić information content (AvgIpc) is 3.30. The third kappa shape index (κ3) is 3.90. The summed E-state index contributed by atoms with van der Waals surface area (Å²) < 4.78 is 10.9. The molecule has 0 aliphatic heterocycles. The fourth-order valence-electron chi connectivity index (χ4n) is 2.26. The Labute approximate surface area is 135 Å². The van der Waals surface area contributed by atoms with Gasteiger partial charge in [-0.25, -0.2) is 0 Å². The van der Waals surface area contributed by atoms with Gasteiger partial charge in [0.2, 0.25) is 0 Å². The second kappa shape index (κ2) is 6.83. The number of anilines is 1. The fraction of sp³-hybridized carbons (Fsp3) is 0.412. The summed E-state index contributed by atoms with van der Waals surface area (Å²) in [6, 6.07) is 9.41. The zero-order chi connectivity index (χ0) is 16.2. The number of rotatable bonds is 7. The number of amides is 1. The van der Waals surface area contributed by atoms with Crippen LogP contribution >= 0.6 is 0 Å². The van der Waals surface area contributed by atoms with Crippen molar-refractivity contribution in [2.45, 2.75) is 25.9 Å². The minimum absolute atomic E-state index is 0.191. The molecule has 6 heteroatoms. The normalized spacial score (nSPS) is 15.2. The number of hydrogen-bond acceptors (Lipinski definition) is 4. The van der Waals surface area contributed by atoms with Crippen LogP contribution in [-0.2, 0) is 9.53 Å². The number of benzene rings is 1. The second-order valence-electron chi connectivity index (χ2n) is 5.78. The van der Waals surface area contributed by atoms with Crippen LogP contribution in [0.3, 0.4) is 0 Å². The van der Waals surface area contributed by atoms with Gasteiger partial charge < -0.3 is 14.8 Å². The molecule has 1 aromatic carbocycles. The molecule has 3 rings (SSSR count). The van der Waals surface area contributed by atoms with E-state index in [4.69, 9.17) is 9.47 Å². The van der Waals surface area contributed by atoms with Gasteiger partial charge in [-0.05, 0) is 37.8 Å². The lowest BCUT2D eigenvalue weighted by Gasteiger charge is -2.11. The van der Waals surface area contributed by atoms with Crippen LogP contribution in [0.4, 0.5) is 5.82 Å². The first kappa shape index (κ1) is 15.6. The van der Waals surface area contributed by atoms with Crippen molar-refractivity contribution in [2.24, 2.45) is 5.92 Å².